The Morgan fingerprint density at radius 3 is 2.71 bits per heavy atom. The number of amides is 1. The number of likely N-dealkylation sites (tertiary alicyclic amines) is 1. The number of carbonyl (C=O) groups is 1. The monoisotopic (exact) mass is 379 g/mol. The van der Waals surface area contributed by atoms with Crippen molar-refractivity contribution in [2.75, 3.05) is 19.7 Å². The number of benzene rings is 1. The lowest BCUT2D eigenvalue weighted by atomic mass is 10.0. The molecule has 0 spiro atoms. The summed E-state index contributed by atoms with van der Waals surface area (Å²) in [6, 6.07) is 14.2. The van der Waals surface area contributed by atoms with Crippen LogP contribution >= 0.6 is 0 Å². The maximum atomic E-state index is 12.6. The Hall–Kier alpha value is -2.93. The van der Waals surface area contributed by atoms with Gasteiger partial charge in [-0.2, -0.15) is 0 Å². The number of aromatic nitrogens is 3. The van der Waals surface area contributed by atoms with Gasteiger partial charge in [0.15, 0.2) is 5.65 Å². The van der Waals surface area contributed by atoms with Crippen LogP contribution in [0.4, 0.5) is 0 Å². The molecule has 3 heterocycles. The summed E-state index contributed by atoms with van der Waals surface area (Å²) in [5, 5.41) is 7.43. The van der Waals surface area contributed by atoms with Crippen molar-refractivity contribution in [2.24, 2.45) is 0 Å². The number of nitrogens with one attached hydrogen (secondary N) is 1. The maximum absolute atomic E-state index is 12.6. The van der Waals surface area contributed by atoms with E-state index in [-0.39, 0.29) is 11.9 Å². The van der Waals surface area contributed by atoms with Crippen molar-refractivity contribution < 1.29 is 9.53 Å². The standard InChI is InChI=1S/C21H25N5O2/c1-2-28-20-9-8-19-23-18(15-26(19)24-20)21(27)22-17-10-12-25(13-11-17)14-16-6-4-3-5-7-16/h3-9,15,17H,2,10-14H2,1H3,(H,22,27). The van der Waals surface area contributed by atoms with Crippen LogP contribution in [0.3, 0.4) is 0 Å². The third-order valence-electron chi connectivity index (χ3n) is 4.99. The number of nitrogens with zero attached hydrogens (tertiary/aromatic N) is 4. The van der Waals surface area contributed by atoms with E-state index in [2.05, 4.69) is 44.6 Å². The fraction of sp³-hybridized carbons (Fsp3) is 0.381. The van der Waals surface area contributed by atoms with E-state index >= 15 is 0 Å². The van der Waals surface area contributed by atoms with Gasteiger partial charge in [0.25, 0.3) is 5.91 Å². The quantitative estimate of drug-likeness (QED) is 0.713. The van der Waals surface area contributed by atoms with E-state index in [0.717, 1.165) is 32.5 Å². The smallest absolute Gasteiger partial charge is 0.271 e. The van der Waals surface area contributed by atoms with Gasteiger partial charge in [0.2, 0.25) is 5.88 Å². The minimum absolute atomic E-state index is 0.148. The first kappa shape index (κ1) is 18.4. The van der Waals surface area contributed by atoms with Crippen molar-refractivity contribution in [1.29, 1.82) is 0 Å². The number of piperidine rings is 1. The van der Waals surface area contributed by atoms with Crippen LogP contribution in [0.15, 0.2) is 48.7 Å². The Labute approximate surface area is 164 Å². The Balaban J connectivity index is 1.32. The SMILES string of the molecule is CCOc1ccc2nc(C(=O)NC3CCN(Cc4ccccc4)CC3)cn2n1. The van der Waals surface area contributed by atoms with E-state index in [1.165, 1.54) is 5.56 Å². The second-order valence-corrected chi connectivity index (χ2v) is 7.04. The molecule has 7 heteroatoms. The molecule has 4 rings (SSSR count). The van der Waals surface area contributed by atoms with Crippen LogP contribution in [0.2, 0.25) is 0 Å². The van der Waals surface area contributed by atoms with Crippen LogP contribution in [-0.2, 0) is 6.54 Å². The van der Waals surface area contributed by atoms with Crippen LogP contribution in [0.1, 0.15) is 35.8 Å². The average Bonchev–Trinajstić information content (AvgIpc) is 3.14. The van der Waals surface area contributed by atoms with Crippen molar-refractivity contribution >= 4 is 11.6 Å². The third kappa shape index (κ3) is 4.31. The summed E-state index contributed by atoms with van der Waals surface area (Å²) in [5.41, 5.74) is 2.34. The molecule has 1 aromatic carbocycles. The summed E-state index contributed by atoms with van der Waals surface area (Å²) >= 11 is 0. The van der Waals surface area contributed by atoms with E-state index < -0.39 is 0 Å². The summed E-state index contributed by atoms with van der Waals surface area (Å²) in [4.78, 5) is 19.4. The van der Waals surface area contributed by atoms with Gasteiger partial charge in [0, 0.05) is 31.7 Å². The molecular formula is C21H25N5O2. The van der Waals surface area contributed by atoms with Gasteiger partial charge in [-0.25, -0.2) is 9.50 Å². The van der Waals surface area contributed by atoms with Gasteiger partial charge in [0.05, 0.1) is 12.8 Å². The lowest BCUT2D eigenvalue weighted by molar-refractivity contribution is 0.0904. The zero-order valence-electron chi connectivity index (χ0n) is 16.0. The molecular weight excluding hydrogens is 354 g/mol. The van der Waals surface area contributed by atoms with Gasteiger partial charge >= 0.3 is 0 Å². The molecule has 1 amide bonds. The molecule has 146 valence electrons. The zero-order chi connectivity index (χ0) is 19.3. The number of carbonyl (C=O) groups excluding carboxylic acids is 1. The van der Waals surface area contributed by atoms with Crippen molar-refractivity contribution in [3.8, 4) is 5.88 Å². The Morgan fingerprint density at radius 2 is 1.96 bits per heavy atom. The summed E-state index contributed by atoms with van der Waals surface area (Å²) in [6.07, 6.45) is 3.54. The van der Waals surface area contributed by atoms with Crippen LogP contribution in [0.5, 0.6) is 5.88 Å². The highest BCUT2D eigenvalue weighted by molar-refractivity contribution is 5.93. The molecule has 0 saturated carbocycles. The number of rotatable bonds is 6. The molecule has 1 fully saturated rings. The van der Waals surface area contributed by atoms with E-state index in [9.17, 15) is 4.79 Å². The van der Waals surface area contributed by atoms with E-state index in [1.807, 2.05) is 13.0 Å². The Morgan fingerprint density at radius 1 is 1.18 bits per heavy atom. The molecule has 1 saturated heterocycles. The van der Waals surface area contributed by atoms with Gasteiger partial charge < -0.3 is 10.1 Å². The summed E-state index contributed by atoms with van der Waals surface area (Å²) in [6.45, 7) is 5.36. The molecule has 0 atom stereocenters. The average molecular weight is 379 g/mol. The molecule has 1 aliphatic heterocycles. The van der Waals surface area contributed by atoms with Crippen LogP contribution in [0.25, 0.3) is 5.65 Å². The van der Waals surface area contributed by atoms with Crippen LogP contribution in [-0.4, -0.2) is 51.1 Å². The predicted octanol–water partition coefficient (Wildman–Crippen LogP) is 2.52. The molecule has 0 unspecified atom stereocenters. The zero-order valence-corrected chi connectivity index (χ0v) is 16.0. The maximum Gasteiger partial charge on any atom is 0.271 e. The predicted molar refractivity (Wildman–Crippen MR) is 106 cm³/mol. The largest absolute Gasteiger partial charge is 0.477 e. The molecule has 3 aromatic rings. The van der Waals surface area contributed by atoms with Crippen molar-refractivity contribution in [3.05, 3.63) is 59.9 Å². The molecule has 7 nitrogen and oxygen atoms in total. The highest BCUT2D eigenvalue weighted by Gasteiger charge is 2.22. The summed E-state index contributed by atoms with van der Waals surface area (Å²) in [7, 11) is 0. The lowest BCUT2D eigenvalue weighted by Crippen LogP contribution is -2.44. The molecule has 2 aromatic heterocycles. The number of hydrogen-bond acceptors (Lipinski definition) is 5. The highest BCUT2D eigenvalue weighted by Crippen LogP contribution is 2.15. The molecule has 1 N–H and O–H groups in total. The second kappa shape index (κ2) is 8.39. The number of fused-ring (bicyclic) bond motifs is 1. The van der Waals surface area contributed by atoms with Gasteiger partial charge in [-0.15, -0.1) is 5.10 Å². The second-order valence-electron chi connectivity index (χ2n) is 7.04. The van der Waals surface area contributed by atoms with Gasteiger partial charge in [-0.3, -0.25) is 9.69 Å². The van der Waals surface area contributed by atoms with Crippen LogP contribution in [0, 0.1) is 0 Å². The molecule has 1 aliphatic rings. The topological polar surface area (TPSA) is 71.8 Å². The summed E-state index contributed by atoms with van der Waals surface area (Å²) < 4.78 is 6.98. The molecule has 0 radical (unpaired) electrons. The van der Waals surface area contributed by atoms with Crippen molar-refractivity contribution in [3.63, 3.8) is 0 Å². The fourth-order valence-corrected chi connectivity index (χ4v) is 3.54. The van der Waals surface area contributed by atoms with E-state index in [1.54, 1.807) is 22.8 Å². The Kier molecular flexibility index (Phi) is 5.53. The van der Waals surface area contributed by atoms with Crippen molar-refractivity contribution in [1.82, 2.24) is 24.8 Å². The molecule has 28 heavy (non-hydrogen) atoms. The fourth-order valence-electron chi connectivity index (χ4n) is 3.54. The number of ether oxygens (including phenoxy) is 1. The van der Waals surface area contributed by atoms with Gasteiger partial charge in [-0.05, 0) is 31.4 Å². The van der Waals surface area contributed by atoms with Gasteiger partial charge in [-0.1, -0.05) is 30.3 Å². The minimum Gasteiger partial charge on any atom is -0.477 e. The third-order valence-corrected chi connectivity index (χ3v) is 4.99. The molecule has 0 bridgehead atoms. The number of hydrogen-bond donors (Lipinski definition) is 1. The first-order valence-corrected chi connectivity index (χ1v) is 9.77. The van der Waals surface area contributed by atoms with E-state index in [0.29, 0.717) is 23.8 Å². The molecule has 0 aliphatic carbocycles. The summed E-state index contributed by atoms with van der Waals surface area (Å²) in [5.74, 6) is 0.370. The van der Waals surface area contributed by atoms with E-state index in [4.69, 9.17) is 4.74 Å². The normalized spacial score (nSPS) is 15.6. The highest BCUT2D eigenvalue weighted by atomic mass is 16.5. The van der Waals surface area contributed by atoms with Gasteiger partial charge in [0.1, 0.15) is 5.69 Å². The first-order chi connectivity index (χ1) is 13.7. The first-order valence-electron chi connectivity index (χ1n) is 9.77. The Bertz CT molecular complexity index is 932. The van der Waals surface area contributed by atoms with Crippen molar-refractivity contribution in [2.45, 2.75) is 32.4 Å². The lowest BCUT2D eigenvalue weighted by Gasteiger charge is -2.32. The van der Waals surface area contributed by atoms with Crippen LogP contribution < -0.4 is 10.1 Å². The minimum atomic E-state index is -0.148. The number of imidazole rings is 1.